The number of hydrogen-bond donors (Lipinski definition) is 2. The molecule has 1 amide bonds. The van der Waals surface area contributed by atoms with Crippen LogP contribution >= 0.6 is 0 Å². The zero-order valence-corrected chi connectivity index (χ0v) is 12.0. The predicted octanol–water partition coefficient (Wildman–Crippen LogP) is 2.63. The van der Waals surface area contributed by atoms with Crippen molar-refractivity contribution in [2.45, 2.75) is 13.0 Å². The van der Waals surface area contributed by atoms with Crippen molar-refractivity contribution in [3.8, 4) is 0 Å². The van der Waals surface area contributed by atoms with Gasteiger partial charge in [0, 0.05) is 7.05 Å². The standard InChI is InChI=1S/C14H12F3N5O/c1-22(14(23)11-5-10(13(16)17)20-21-11)6-12-18-8-3-2-7(15)4-9(8)19-12/h2-5,13H,6H2,1H3,(H,18,19)(H,20,21). The van der Waals surface area contributed by atoms with E-state index in [0.29, 0.717) is 16.9 Å². The van der Waals surface area contributed by atoms with Crippen LogP contribution in [0.4, 0.5) is 13.2 Å². The van der Waals surface area contributed by atoms with Gasteiger partial charge in [-0.1, -0.05) is 0 Å². The Balaban J connectivity index is 1.76. The number of aromatic amines is 2. The lowest BCUT2D eigenvalue weighted by Crippen LogP contribution is -2.27. The smallest absolute Gasteiger partial charge is 0.279 e. The number of benzene rings is 1. The molecule has 6 nitrogen and oxygen atoms in total. The van der Waals surface area contributed by atoms with Crippen LogP contribution in [0, 0.1) is 5.82 Å². The van der Waals surface area contributed by atoms with Gasteiger partial charge in [-0.3, -0.25) is 9.89 Å². The summed E-state index contributed by atoms with van der Waals surface area (Å²) in [5.74, 6) is -0.473. The fraction of sp³-hybridized carbons (Fsp3) is 0.214. The SMILES string of the molecule is CN(Cc1nc2ccc(F)cc2[nH]1)C(=O)c1cc(C(F)F)[nH]n1. The minimum Gasteiger partial charge on any atom is -0.340 e. The summed E-state index contributed by atoms with van der Waals surface area (Å²) in [6, 6.07) is 5.13. The predicted molar refractivity (Wildman–Crippen MR) is 75.4 cm³/mol. The number of halogens is 3. The van der Waals surface area contributed by atoms with Crippen LogP contribution in [0.25, 0.3) is 11.0 Å². The van der Waals surface area contributed by atoms with Crippen LogP contribution in [0.1, 0.15) is 28.4 Å². The Labute approximate surface area is 128 Å². The lowest BCUT2D eigenvalue weighted by Gasteiger charge is -2.13. The lowest BCUT2D eigenvalue weighted by atomic mass is 10.3. The van der Waals surface area contributed by atoms with Crippen molar-refractivity contribution in [1.29, 1.82) is 0 Å². The molecular weight excluding hydrogens is 311 g/mol. The molecular formula is C14H12F3N5O. The number of alkyl halides is 2. The van der Waals surface area contributed by atoms with E-state index in [-0.39, 0.29) is 12.2 Å². The molecule has 2 aromatic heterocycles. The topological polar surface area (TPSA) is 77.7 Å². The summed E-state index contributed by atoms with van der Waals surface area (Å²) in [7, 11) is 1.49. The molecule has 2 heterocycles. The number of nitrogens with zero attached hydrogens (tertiary/aromatic N) is 3. The van der Waals surface area contributed by atoms with Crippen molar-refractivity contribution in [1.82, 2.24) is 25.1 Å². The van der Waals surface area contributed by atoms with Crippen LogP contribution < -0.4 is 0 Å². The fourth-order valence-corrected chi connectivity index (χ4v) is 2.16. The second-order valence-electron chi connectivity index (χ2n) is 5.02. The second kappa shape index (κ2) is 5.75. The number of rotatable bonds is 4. The number of fused-ring (bicyclic) bond motifs is 1. The molecule has 0 unspecified atom stereocenters. The van der Waals surface area contributed by atoms with Crippen molar-refractivity contribution in [3.63, 3.8) is 0 Å². The fourth-order valence-electron chi connectivity index (χ4n) is 2.16. The Kier molecular flexibility index (Phi) is 3.77. The van der Waals surface area contributed by atoms with E-state index in [9.17, 15) is 18.0 Å². The number of hydrogen-bond acceptors (Lipinski definition) is 3. The van der Waals surface area contributed by atoms with Crippen LogP contribution in [0.2, 0.25) is 0 Å². The first-order valence-corrected chi connectivity index (χ1v) is 6.67. The van der Waals surface area contributed by atoms with Crippen molar-refractivity contribution in [3.05, 3.63) is 47.3 Å². The first kappa shape index (κ1) is 15.1. The number of carbonyl (C=O) groups excluding carboxylic acids is 1. The minimum absolute atomic E-state index is 0.103. The van der Waals surface area contributed by atoms with Crippen LogP contribution in [-0.2, 0) is 6.54 Å². The van der Waals surface area contributed by atoms with E-state index in [1.165, 1.54) is 30.1 Å². The molecule has 1 aromatic carbocycles. The maximum Gasteiger partial charge on any atom is 0.279 e. The number of aromatic nitrogens is 4. The molecule has 2 N–H and O–H groups in total. The third-order valence-electron chi connectivity index (χ3n) is 3.28. The van der Waals surface area contributed by atoms with Crippen LogP contribution in [0.15, 0.2) is 24.3 Å². The van der Waals surface area contributed by atoms with Gasteiger partial charge in [-0.2, -0.15) is 5.10 Å². The first-order valence-electron chi connectivity index (χ1n) is 6.67. The molecule has 23 heavy (non-hydrogen) atoms. The average molecular weight is 323 g/mol. The minimum atomic E-state index is -2.72. The van der Waals surface area contributed by atoms with Gasteiger partial charge in [-0.25, -0.2) is 18.2 Å². The molecule has 0 radical (unpaired) electrons. The Morgan fingerprint density at radius 1 is 1.35 bits per heavy atom. The lowest BCUT2D eigenvalue weighted by molar-refractivity contribution is 0.0776. The maximum absolute atomic E-state index is 13.1. The molecule has 0 atom stereocenters. The summed E-state index contributed by atoms with van der Waals surface area (Å²) in [6.45, 7) is 0.103. The molecule has 0 aliphatic heterocycles. The van der Waals surface area contributed by atoms with Gasteiger partial charge in [0.05, 0.1) is 17.6 Å². The zero-order valence-electron chi connectivity index (χ0n) is 12.0. The van der Waals surface area contributed by atoms with E-state index in [4.69, 9.17) is 0 Å². The van der Waals surface area contributed by atoms with Crippen molar-refractivity contribution >= 4 is 16.9 Å². The highest BCUT2D eigenvalue weighted by molar-refractivity contribution is 5.92. The van der Waals surface area contributed by atoms with Crippen LogP contribution in [0.5, 0.6) is 0 Å². The van der Waals surface area contributed by atoms with Crippen LogP contribution in [-0.4, -0.2) is 38.0 Å². The van der Waals surface area contributed by atoms with Crippen LogP contribution in [0.3, 0.4) is 0 Å². The number of nitrogens with one attached hydrogen (secondary N) is 2. The highest BCUT2D eigenvalue weighted by atomic mass is 19.3. The largest absolute Gasteiger partial charge is 0.340 e. The van der Waals surface area contributed by atoms with Crippen molar-refractivity contribution in [2.75, 3.05) is 7.05 Å². The third kappa shape index (κ3) is 3.03. The van der Waals surface area contributed by atoms with E-state index in [2.05, 4.69) is 20.2 Å². The second-order valence-corrected chi connectivity index (χ2v) is 5.02. The molecule has 120 valence electrons. The molecule has 9 heteroatoms. The van der Waals surface area contributed by atoms with Gasteiger partial charge in [0.15, 0.2) is 5.69 Å². The van der Waals surface area contributed by atoms with Gasteiger partial charge in [0.1, 0.15) is 17.3 Å². The average Bonchev–Trinajstić information content (AvgIpc) is 3.12. The monoisotopic (exact) mass is 323 g/mol. The molecule has 0 spiro atoms. The molecule has 0 fully saturated rings. The van der Waals surface area contributed by atoms with Gasteiger partial charge in [-0.15, -0.1) is 0 Å². The molecule has 0 bridgehead atoms. The maximum atomic E-state index is 13.1. The zero-order chi connectivity index (χ0) is 16.6. The van der Waals surface area contributed by atoms with Gasteiger partial charge < -0.3 is 9.88 Å². The number of carbonyl (C=O) groups is 1. The Morgan fingerprint density at radius 3 is 2.83 bits per heavy atom. The molecule has 3 aromatic rings. The van der Waals surface area contributed by atoms with Gasteiger partial charge in [0.25, 0.3) is 12.3 Å². The quantitative estimate of drug-likeness (QED) is 0.775. The molecule has 0 saturated heterocycles. The summed E-state index contributed by atoms with van der Waals surface area (Å²) < 4.78 is 38.1. The van der Waals surface area contributed by atoms with E-state index < -0.39 is 23.8 Å². The van der Waals surface area contributed by atoms with E-state index in [1.807, 2.05) is 0 Å². The van der Waals surface area contributed by atoms with E-state index >= 15 is 0 Å². The highest BCUT2D eigenvalue weighted by Gasteiger charge is 2.19. The normalized spacial score (nSPS) is 11.3. The van der Waals surface area contributed by atoms with Gasteiger partial charge >= 0.3 is 0 Å². The number of amides is 1. The first-order chi connectivity index (χ1) is 10.9. The summed E-state index contributed by atoms with van der Waals surface area (Å²) in [4.78, 5) is 20.6. The third-order valence-corrected chi connectivity index (χ3v) is 3.28. The summed E-state index contributed by atoms with van der Waals surface area (Å²) in [5, 5.41) is 5.70. The Hall–Kier alpha value is -2.84. The summed E-state index contributed by atoms with van der Waals surface area (Å²) in [5.41, 5.74) is 0.563. The molecule has 0 saturated carbocycles. The Morgan fingerprint density at radius 2 is 2.13 bits per heavy atom. The molecule has 0 aliphatic rings. The van der Waals surface area contributed by atoms with Gasteiger partial charge in [-0.05, 0) is 24.3 Å². The summed E-state index contributed by atoms with van der Waals surface area (Å²) >= 11 is 0. The number of H-pyrrole nitrogens is 2. The number of imidazole rings is 1. The molecule has 0 aliphatic carbocycles. The summed E-state index contributed by atoms with van der Waals surface area (Å²) in [6.07, 6.45) is -2.72. The van der Waals surface area contributed by atoms with E-state index in [1.54, 1.807) is 0 Å². The van der Waals surface area contributed by atoms with Crippen molar-refractivity contribution in [2.24, 2.45) is 0 Å². The van der Waals surface area contributed by atoms with Gasteiger partial charge in [0.2, 0.25) is 0 Å². The highest BCUT2D eigenvalue weighted by Crippen LogP contribution is 2.18. The van der Waals surface area contributed by atoms with E-state index in [0.717, 1.165) is 6.07 Å². The molecule has 3 rings (SSSR count). The Bertz CT molecular complexity index is 857. The van der Waals surface area contributed by atoms with Crippen molar-refractivity contribution < 1.29 is 18.0 Å².